The number of hydrogen-bond acceptors (Lipinski definition) is 3. The Balaban J connectivity index is 1.77. The van der Waals surface area contributed by atoms with Crippen molar-refractivity contribution in [3.63, 3.8) is 0 Å². The summed E-state index contributed by atoms with van der Waals surface area (Å²) < 4.78 is 0. The van der Waals surface area contributed by atoms with Gasteiger partial charge >= 0.3 is 0 Å². The minimum absolute atomic E-state index is 0.0277. The van der Waals surface area contributed by atoms with Gasteiger partial charge < -0.3 is 16.0 Å². The molecule has 96 valence electrons. The third-order valence-corrected chi connectivity index (χ3v) is 3.85. The molecule has 17 heavy (non-hydrogen) atoms. The second-order valence-corrected chi connectivity index (χ2v) is 5.47. The van der Waals surface area contributed by atoms with Gasteiger partial charge in [-0.25, -0.2) is 0 Å². The fraction of sp³-hybridized carbons (Fsp3) is 0.833. The standard InChI is InChI=1S/C12H21N3O2/c1-15-8-9(3-4-11(15)17)14-10(16)7-12(13)5-2-6-12/h9H,2-8,13H2,1H3,(H,14,16). The van der Waals surface area contributed by atoms with Crippen molar-refractivity contribution in [2.75, 3.05) is 13.6 Å². The maximum absolute atomic E-state index is 11.8. The smallest absolute Gasteiger partial charge is 0.222 e. The van der Waals surface area contributed by atoms with Crippen LogP contribution in [0.1, 0.15) is 38.5 Å². The Labute approximate surface area is 102 Å². The molecule has 0 radical (unpaired) electrons. The van der Waals surface area contributed by atoms with Crippen molar-refractivity contribution < 1.29 is 9.59 Å². The van der Waals surface area contributed by atoms with Crippen molar-refractivity contribution in [1.29, 1.82) is 0 Å². The zero-order valence-corrected chi connectivity index (χ0v) is 10.4. The summed E-state index contributed by atoms with van der Waals surface area (Å²) in [5.74, 6) is 0.185. The van der Waals surface area contributed by atoms with Crippen LogP contribution in [0.3, 0.4) is 0 Å². The molecule has 2 fully saturated rings. The SMILES string of the molecule is CN1CC(NC(=O)CC2(N)CCC2)CCC1=O. The van der Waals surface area contributed by atoms with Gasteiger partial charge in [0.15, 0.2) is 0 Å². The van der Waals surface area contributed by atoms with E-state index in [1.807, 2.05) is 0 Å². The van der Waals surface area contributed by atoms with Crippen molar-refractivity contribution >= 4 is 11.8 Å². The largest absolute Gasteiger partial charge is 0.352 e. The molecule has 0 aromatic heterocycles. The molecule has 1 atom stereocenters. The third-order valence-electron chi connectivity index (χ3n) is 3.85. The number of likely N-dealkylation sites (N-methyl/N-ethyl adjacent to an activating group) is 1. The Morgan fingerprint density at radius 2 is 2.29 bits per heavy atom. The second kappa shape index (κ2) is 4.64. The highest BCUT2D eigenvalue weighted by Gasteiger charge is 2.35. The van der Waals surface area contributed by atoms with Crippen LogP contribution in [0.4, 0.5) is 0 Å². The molecule has 0 spiro atoms. The Morgan fingerprint density at radius 3 is 2.82 bits per heavy atom. The molecule has 5 heteroatoms. The zero-order chi connectivity index (χ0) is 12.5. The Hall–Kier alpha value is -1.10. The number of rotatable bonds is 3. The lowest BCUT2D eigenvalue weighted by molar-refractivity contribution is -0.134. The molecule has 0 aromatic carbocycles. The lowest BCUT2D eigenvalue weighted by Gasteiger charge is -2.38. The van der Waals surface area contributed by atoms with E-state index < -0.39 is 0 Å². The van der Waals surface area contributed by atoms with Gasteiger partial charge in [-0.15, -0.1) is 0 Å². The zero-order valence-electron chi connectivity index (χ0n) is 10.4. The van der Waals surface area contributed by atoms with Crippen LogP contribution in [0, 0.1) is 0 Å². The first-order valence-electron chi connectivity index (χ1n) is 6.31. The molecule has 5 nitrogen and oxygen atoms in total. The summed E-state index contributed by atoms with van der Waals surface area (Å²) in [6.07, 6.45) is 4.71. The van der Waals surface area contributed by atoms with Crippen molar-refractivity contribution in [2.24, 2.45) is 5.73 Å². The van der Waals surface area contributed by atoms with Gasteiger partial charge in [-0.05, 0) is 25.7 Å². The van der Waals surface area contributed by atoms with Crippen molar-refractivity contribution in [3.05, 3.63) is 0 Å². The van der Waals surface area contributed by atoms with Crippen LogP contribution in [0.5, 0.6) is 0 Å². The molecular weight excluding hydrogens is 218 g/mol. The van der Waals surface area contributed by atoms with E-state index in [1.165, 1.54) is 0 Å². The van der Waals surface area contributed by atoms with E-state index in [0.29, 0.717) is 19.4 Å². The normalized spacial score (nSPS) is 27.5. The highest BCUT2D eigenvalue weighted by Crippen LogP contribution is 2.32. The van der Waals surface area contributed by atoms with Gasteiger partial charge in [-0.2, -0.15) is 0 Å². The number of hydrogen-bond donors (Lipinski definition) is 2. The minimum Gasteiger partial charge on any atom is -0.352 e. The van der Waals surface area contributed by atoms with Crippen molar-refractivity contribution in [2.45, 2.75) is 50.1 Å². The summed E-state index contributed by atoms with van der Waals surface area (Å²) in [6, 6.07) is 0.0916. The number of piperidine rings is 1. The fourth-order valence-corrected chi connectivity index (χ4v) is 2.54. The van der Waals surface area contributed by atoms with Crippen LogP contribution in [0.2, 0.25) is 0 Å². The van der Waals surface area contributed by atoms with E-state index in [4.69, 9.17) is 5.73 Å². The number of nitrogens with two attached hydrogens (primary N) is 1. The van der Waals surface area contributed by atoms with Gasteiger partial charge in [0, 0.05) is 38.0 Å². The summed E-state index contributed by atoms with van der Waals surface area (Å²) in [4.78, 5) is 24.8. The summed E-state index contributed by atoms with van der Waals surface area (Å²) in [5, 5.41) is 2.98. The molecule has 1 saturated carbocycles. The number of carbonyl (C=O) groups is 2. The average molecular weight is 239 g/mol. The first kappa shape index (κ1) is 12.4. The van der Waals surface area contributed by atoms with Gasteiger partial charge in [-0.3, -0.25) is 9.59 Å². The lowest BCUT2D eigenvalue weighted by atomic mass is 9.75. The minimum atomic E-state index is -0.263. The lowest BCUT2D eigenvalue weighted by Crippen LogP contribution is -2.53. The summed E-state index contributed by atoms with van der Waals surface area (Å²) in [5.41, 5.74) is 5.77. The molecule has 0 bridgehead atoms. The van der Waals surface area contributed by atoms with E-state index in [9.17, 15) is 9.59 Å². The van der Waals surface area contributed by atoms with E-state index in [1.54, 1.807) is 11.9 Å². The summed E-state index contributed by atoms with van der Waals surface area (Å²) in [6.45, 7) is 0.613. The van der Waals surface area contributed by atoms with Gasteiger partial charge in [0.05, 0.1) is 0 Å². The Bertz CT molecular complexity index is 326. The fourth-order valence-electron chi connectivity index (χ4n) is 2.54. The molecule has 3 N–H and O–H groups in total. The van der Waals surface area contributed by atoms with Gasteiger partial charge in [-0.1, -0.05) is 0 Å². The monoisotopic (exact) mass is 239 g/mol. The molecule has 2 rings (SSSR count). The number of carbonyl (C=O) groups excluding carboxylic acids is 2. The predicted octanol–water partition coefficient (Wildman–Crippen LogP) is -0.00510. The quantitative estimate of drug-likeness (QED) is 0.727. The maximum Gasteiger partial charge on any atom is 0.222 e. The second-order valence-electron chi connectivity index (χ2n) is 5.47. The molecular formula is C12H21N3O2. The number of nitrogens with one attached hydrogen (secondary N) is 1. The third kappa shape index (κ3) is 2.97. The predicted molar refractivity (Wildman–Crippen MR) is 64.2 cm³/mol. The summed E-state index contributed by atoms with van der Waals surface area (Å²) >= 11 is 0. The van der Waals surface area contributed by atoms with Crippen LogP contribution in [0.15, 0.2) is 0 Å². The first-order valence-corrected chi connectivity index (χ1v) is 6.31. The van der Waals surface area contributed by atoms with E-state index in [2.05, 4.69) is 5.32 Å². The van der Waals surface area contributed by atoms with Gasteiger partial charge in [0.2, 0.25) is 11.8 Å². The molecule has 1 heterocycles. The molecule has 1 saturated heterocycles. The van der Waals surface area contributed by atoms with Gasteiger partial charge in [0.1, 0.15) is 0 Å². The topological polar surface area (TPSA) is 75.4 Å². The maximum atomic E-state index is 11.8. The number of likely N-dealkylation sites (tertiary alicyclic amines) is 1. The van der Waals surface area contributed by atoms with Crippen LogP contribution in [0.25, 0.3) is 0 Å². The molecule has 2 amide bonds. The van der Waals surface area contributed by atoms with Crippen molar-refractivity contribution in [3.8, 4) is 0 Å². The Morgan fingerprint density at radius 1 is 1.59 bits per heavy atom. The van der Waals surface area contributed by atoms with Crippen LogP contribution in [-0.2, 0) is 9.59 Å². The molecule has 1 aliphatic carbocycles. The van der Waals surface area contributed by atoms with Crippen LogP contribution in [-0.4, -0.2) is 41.9 Å². The molecule has 2 aliphatic rings. The van der Waals surface area contributed by atoms with Crippen molar-refractivity contribution in [1.82, 2.24) is 10.2 Å². The number of amides is 2. The highest BCUT2D eigenvalue weighted by molar-refractivity contribution is 5.79. The van der Waals surface area contributed by atoms with E-state index in [0.717, 1.165) is 25.7 Å². The molecule has 1 unspecified atom stereocenters. The summed E-state index contributed by atoms with van der Waals surface area (Å²) in [7, 11) is 1.77. The Kier molecular flexibility index (Phi) is 3.38. The average Bonchev–Trinajstić information content (AvgIpc) is 2.21. The first-order chi connectivity index (χ1) is 7.98. The highest BCUT2D eigenvalue weighted by atomic mass is 16.2. The van der Waals surface area contributed by atoms with Crippen LogP contribution >= 0.6 is 0 Å². The van der Waals surface area contributed by atoms with Gasteiger partial charge in [0.25, 0.3) is 0 Å². The van der Waals surface area contributed by atoms with E-state index >= 15 is 0 Å². The van der Waals surface area contributed by atoms with E-state index in [-0.39, 0.29) is 23.4 Å². The molecule has 0 aromatic rings. The van der Waals surface area contributed by atoms with Crippen LogP contribution < -0.4 is 11.1 Å². The number of nitrogens with zero attached hydrogens (tertiary/aromatic N) is 1. The molecule has 1 aliphatic heterocycles.